The smallest absolute Gasteiger partial charge is 0.287 e. The van der Waals surface area contributed by atoms with E-state index in [1.54, 1.807) is 24.3 Å². The average molecular weight is 280 g/mol. The second kappa shape index (κ2) is 6.41. The van der Waals surface area contributed by atoms with E-state index < -0.39 is 6.10 Å². The summed E-state index contributed by atoms with van der Waals surface area (Å²) < 4.78 is 5.21. The fraction of sp³-hybridized carbons (Fsp3) is 0.214. The van der Waals surface area contributed by atoms with Gasteiger partial charge in [0.25, 0.3) is 5.91 Å². The SMILES string of the molecule is O=C(NCC(O)c1ccccc1)c1ccc(CCl)o1. The Kier molecular flexibility index (Phi) is 4.60. The number of aliphatic hydroxyl groups excluding tert-OH is 1. The summed E-state index contributed by atoms with van der Waals surface area (Å²) in [7, 11) is 0. The van der Waals surface area contributed by atoms with Crippen molar-refractivity contribution < 1.29 is 14.3 Å². The molecule has 2 rings (SSSR count). The first kappa shape index (κ1) is 13.6. The Bertz CT molecular complexity index is 539. The number of furan rings is 1. The Morgan fingerprint density at radius 1 is 1.26 bits per heavy atom. The number of carbonyl (C=O) groups is 1. The third-order valence-corrected chi connectivity index (χ3v) is 2.92. The molecule has 2 N–H and O–H groups in total. The van der Waals surface area contributed by atoms with Gasteiger partial charge in [-0.15, -0.1) is 11.6 Å². The van der Waals surface area contributed by atoms with Crippen molar-refractivity contribution in [2.45, 2.75) is 12.0 Å². The second-order valence-electron chi connectivity index (χ2n) is 4.04. The summed E-state index contributed by atoms with van der Waals surface area (Å²) >= 11 is 5.59. The minimum atomic E-state index is -0.743. The highest BCUT2D eigenvalue weighted by atomic mass is 35.5. The lowest BCUT2D eigenvalue weighted by Gasteiger charge is -2.11. The molecule has 100 valence electrons. The third-order valence-electron chi connectivity index (χ3n) is 2.66. The van der Waals surface area contributed by atoms with Crippen molar-refractivity contribution in [1.29, 1.82) is 0 Å². The molecule has 1 amide bonds. The van der Waals surface area contributed by atoms with E-state index in [1.165, 1.54) is 0 Å². The van der Waals surface area contributed by atoms with Gasteiger partial charge in [-0.1, -0.05) is 30.3 Å². The Labute approximate surface area is 116 Å². The van der Waals surface area contributed by atoms with Gasteiger partial charge in [-0.25, -0.2) is 0 Å². The van der Waals surface area contributed by atoms with Crippen LogP contribution in [0.2, 0.25) is 0 Å². The monoisotopic (exact) mass is 279 g/mol. The van der Waals surface area contributed by atoms with Gasteiger partial charge in [0, 0.05) is 6.54 Å². The van der Waals surface area contributed by atoms with E-state index in [9.17, 15) is 9.90 Å². The summed E-state index contributed by atoms with van der Waals surface area (Å²) in [6.45, 7) is 0.125. The zero-order chi connectivity index (χ0) is 13.7. The molecule has 2 aromatic rings. The van der Waals surface area contributed by atoms with Crippen molar-refractivity contribution in [2.75, 3.05) is 6.54 Å². The van der Waals surface area contributed by atoms with Crippen LogP contribution in [0.4, 0.5) is 0 Å². The highest BCUT2D eigenvalue weighted by molar-refractivity contribution is 6.16. The Balaban J connectivity index is 1.90. The lowest BCUT2D eigenvalue weighted by atomic mass is 10.1. The predicted octanol–water partition coefficient (Wildman–Crippen LogP) is 2.48. The van der Waals surface area contributed by atoms with Crippen molar-refractivity contribution in [2.24, 2.45) is 0 Å². The number of aliphatic hydroxyl groups is 1. The molecule has 19 heavy (non-hydrogen) atoms. The predicted molar refractivity (Wildman–Crippen MR) is 72.0 cm³/mol. The van der Waals surface area contributed by atoms with Crippen molar-refractivity contribution >= 4 is 17.5 Å². The number of benzene rings is 1. The lowest BCUT2D eigenvalue weighted by Crippen LogP contribution is -2.28. The summed E-state index contributed by atoms with van der Waals surface area (Å²) in [5.74, 6) is 0.581. The quantitative estimate of drug-likeness (QED) is 0.827. The number of nitrogens with one attached hydrogen (secondary N) is 1. The molecule has 0 aliphatic rings. The number of hydrogen-bond donors (Lipinski definition) is 2. The molecule has 0 spiro atoms. The van der Waals surface area contributed by atoms with E-state index in [2.05, 4.69) is 5.32 Å². The molecule has 1 aromatic heterocycles. The summed E-state index contributed by atoms with van der Waals surface area (Å²) in [5.41, 5.74) is 0.753. The molecule has 1 unspecified atom stereocenters. The van der Waals surface area contributed by atoms with Crippen LogP contribution < -0.4 is 5.32 Å². The molecule has 0 aliphatic carbocycles. The highest BCUT2D eigenvalue weighted by Crippen LogP contribution is 2.12. The molecular weight excluding hydrogens is 266 g/mol. The van der Waals surface area contributed by atoms with Gasteiger partial charge in [-0.3, -0.25) is 4.79 Å². The maximum atomic E-state index is 11.8. The molecule has 0 radical (unpaired) electrons. The van der Waals surface area contributed by atoms with Crippen LogP contribution in [-0.4, -0.2) is 17.6 Å². The van der Waals surface area contributed by atoms with Crippen molar-refractivity contribution in [3.63, 3.8) is 0 Å². The average Bonchev–Trinajstić information content (AvgIpc) is 2.94. The van der Waals surface area contributed by atoms with Crippen LogP contribution >= 0.6 is 11.6 Å². The number of halogens is 1. The van der Waals surface area contributed by atoms with Gasteiger partial charge in [-0.05, 0) is 17.7 Å². The third kappa shape index (κ3) is 3.59. The summed E-state index contributed by atoms with van der Waals surface area (Å²) in [4.78, 5) is 11.8. The van der Waals surface area contributed by atoms with Crippen molar-refractivity contribution in [1.82, 2.24) is 5.32 Å². The molecule has 5 heteroatoms. The number of alkyl halides is 1. The molecule has 0 fully saturated rings. The lowest BCUT2D eigenvalue weighted by molar-refractivity contribution is 0.0887. The minimum Gasteiger partial charge on any atom is -0.455 e. The van der Waals surface area contributed by atoms with Gasteiger partial charge in [-0.2, -0.15) is 0 Å². The van der Waals surface area contributed by atoms with Crippen molar-refractivity contribution in [3.8, 4) is 0 Å². The second-order valence-corrected chi connectivity index (χ2v) is 4.30. The van der Waals surface area contributed by atoms with Crippen LogP contribution in [0.25, 0.3) is 0 Å². The normalized spacial score (nSPS) is 12.1. The summed E-state index contributed by atoms with van der Waals surface area (Å²) in [6.07, 6.45) is -0.743. The van der Waals surface area contributed by atoms with Crippen LogP contribution in [0.3, 0.4) is 0 Å². The summed E-state index contributed by atoms with van der Waals surface area (Å²) in [6, 6.07) is 12.3. The first-order valence-corrected chi connectivity index (χ1v) is 6.40. The van der Waals surface area contributed by atoms with Crippen molar-refractivity contribution in [3.05, 3.63) is 59.5 Å². The number of rotatable bonds is 5. The van der Waals surface area contributed by atoms with Crippen LogP contribution in [0.1, 0.15) is 28.0 Å². The first-order valence-electron chi connectivity index (χ1n) is 5.86. The van der Waals surface area contributed by atoms with E-state index in [-0.39, 0.29) is 24.1 Å². The topological polar surface area (TPSA) is 62.5 Å². The standard InChI is InChI=1S/C14H14ClNO3/c15-8-11-6-7-13(19-11)14(18)16-9-12(17)10-4-2-1-3-5-10/h1-7,12,17H,8-9H2,(H,16,18). The Morgan fingerprint density at radius 2 is 2.00 bits per heavy atom. The molecule has 1 aromatic carbocycles. The molecule has 4 nitrogen and oxygen atoms in total. The number of hydrogen-bond acceptors (Lipinski definition) is 3. The van der Waals surface area contributed by atoms with Gasteiger partial charge >= 0.3 is 0 Å². The van der Waals surface area contributed by atoms with E-state index in [4.69, 9.17) is 16.0 Å². The molecular formula is C14H14ClNO3. The summed E-state index contributed by atoms with van der Waals surface area (Å²) in [5, 5.41) is 12.5. The molecule has 1 heterocycles. The highest BCUT2D eigenvalue weighted by Gasteiger charge is 2.13. The zero-order valence-electron chi connectivity index (χ0n) is 10.2. The van der Waals surface area contributed by atoms with Gasteiger partial charge in [0.1, 0.15) is 5.76 Å². The van der Waals surface area contributed by atoms with Crippen LogP contribution in [-0.2, 0) is 5.88 Å². The molecule has 0 saturated heterocycles. The molecule has 0 saturated carbocycles. The van der Waals surface area contributed by atoms with E-state index in [1.807, 2.05) is 18.2 Å². The largest absolute Gasteiger partial charge is 0.455 e. The van der Waals surface area contributed by atoms with Gasteiger partial charge in [0.2, 0.25) is 0 Å². The Hall–Kier alpha value is -1.78. The Morgan fingerprint density at radius 3 is 2.63 bits per heavy atom. The molecule has 1 atom stereocenters. The fourth-order valence-electron chi connectivity index (χ4n) is 1.64. The number of amides is 1. The maximum Gasteiger partial charge on any atom is 0.287 e. The van der Waals surface area contributed by atoms with Crippen LogP contribution in [0.15, 0.2) is 46.9 Å². The zero-order valence-corrected chi connectivity index (χ0v) is 10.9. The van der Waals surface area contributed by atoms with E-state index in [0.717, 1.165) is 5.56 Å². The minimum absolute atomic E-state index is 0.125. The van der Waals surface area contributed by atoms with E-state index in [0.29, 0.717) is 5.76 Å². The van der Waals surface area contributed by atoms with Crippen LogP contribution in [0, 0.1) is 0 Å². The molecule has 0 bridgehead atoms. The molecule has 0 aliphatic heterocycles. The van der Waals surface area contributed by atoms with E-state index >= 15 is 0 Å². The fourth-order valence-corrected chi connectivity index (χ4v) is 1.78. The van der Waals surface area contributed by atoms with Gasteiger partial charge in [0.05, 0.1) is 12.0 Å². The van der Waals surface area contributed by atoms with Crippen LogP contribution in [0.5, 0.6) is 0 Å². The maximum absolute atomic E-state index is 11.8. The van der Waals surface area contributed by atoms with Gasteiger partial charge in [0.15, 0.2) is 5.76 Å². The number of carbonyl (C=O) groups excluding carboxylic acids is 1. The first-order chi connectivity index (χ1) is 9.20. The van der Waals surface area contributed by atoms with Gasteiger partial charge < -0.3 is 14.8 Å².